The number of nitrogens with one attached hydrogen (secondary N) is 1. The van der Waals surface area contributed by atoms with E-state index in [0.717, 1.165) is 36.1 Å². The zero-order valence-electron chi connectivity index (χ0n) is 23.2. The van der Waals surface area contributed by atoms with Crippen LogP contribution in [0, 0.1) is 31.1 Å². The molecule has 2 aliphatic heterocycles. The molecule has 3 fully saturated rings. The van der Waals surface area contributed by atoms with Gasteiger partial charge >= 0.3 is 6.36 Å². The van der Waals surface area contributed by atoms with Gasteiger partial charge in [-0.3, -0.25) is 14.4 Å². The fraction of sp³-hybridized carbons (Fsp3) is 0.452. The average molecular weight is 570 g/mol. The first-order valence-corrected chi connectivity index (χ1v) is 13.9. The highest BCUT2D eigenvalue weighted by Gasteiger charge is 2.52. The number of para-hydroxylation sites is 1. The largest absolute Gasteiger partial charge is 0.573 e. The van der Waals surface area contributed by atoms with Crippen LogP contribution < -0.4 is 15.0 Å². The molecule has 2 heterocycles. The Morgan fingerprint density at radius 1 is 1.10 bits per heavy atom. The smallest absolute Gasteiger partial charge is 0.406 e. The molecule has 1 N–H and O–H groups in total. The highest BCUT2D eigenvalue weighted by atomic mass is 19.4. The number of carbonyl (C=O) groups is 3. The molecule has 2 saturated heterocycles. The number of aryl methyl sites for hydroxylation is 2. The summed E-state index contributed by atoms with van der Waals surface area (Å²) in [5, 5.41) is 2.98. The first kappa shape index (κ1) is 28.7. The molecule has 3 aliphatic rings. The minimum Gasteiger partial charge on any atom is -0.406 e. The highest BCUT2D eigenvalue weighted by Crippen LogP contribution is 2.49. The molecular formula is C31H34F3N3O4. The third kappa shape index (κ3) is 6.26. The minimum atomic E-state index is -4.76. The minimum absolute atomic E-state index is 0.00466. The van der Waals surface area contributed by atoms with E-state index in [-0.39, 0.29) is 47.1 Å². The Balaban J connectivity index is 1.17. The van der Waals surface area contributed by atoms with Crippen molar-refractivity contribution < 1.29 is 32.3 Å². The summed E-state index contributed by atoms with van der Waals surface area (Å²) in [5.74, 6) is -0.769. The predicted molar refractivity (Wildman–Crippen MR) is 148 cm³/mol. The van der Waals surface area contributed by atoms with E-state index in [1.807, 2.05) is 36.9 Å². The zero-order chi connectivity index (χ0) is 29.4. The lowest BCUT2D eigenvalue weighted by atomic mass is 9.80. The molecular weight excluding hydrogens is 535 g/mol. The molecule has 2 aromatic carbocycles. The van der Waals surface area contributed by atoms with Crippen LogP contribution in [0.5, 0.6) is 5.75 Å². The zero-order valence-corrected chi connectivity index (χ0v) is 23.2. The monoisotopic (exact) mass is 569 g/mol. The van der Waals surface area contributed by atoms with Gasteiger partial charge in [0.25, 0.3) is 0 Å². The molecule has 1 saturated carbocycles. The van der Waals surface area contributed by atoms with Gasteiger partial charge in [0.15, 0.2) is 0 Å². The van der Waals surface area contributed by atoms with E-state index in [2.05, 4.69) is 10.1 Å². The summed E-state index contributed by atoms with van der Waals surface area (Å²) < 4.78 is 40.9. The number of alkyl halides is 3. The van der Waals surface area contributed by atoms with E-state index in [1.165, 1.54) is 36.4 Å². The second kappa shape index (κ2) is 11.2. The number of carbonyl (C=O) groups excluding carboxylic acids is 3. The van der Waals surface area contributed by atoms with Gasteiger partial charge < -0.3 is 19.9 Å². The molecule has 3 atom stereocenters. The maximum atomic E-state index is 13.6. The lowest BCUT2D eigenvalue weighted by Crippen LogP contribution is -2.42. The Kier molecular flexibility index (Phi) is 7.85. The number of likely N-dealkylation sites (tertiary alicyclic amines) is 1. The lowest BCUT2D eigenvalue weighted by Gasteiger charge is -2.29. The van der Waals surface area contributed by atoms with Crippen molar-refractivity contribution in [2.45, 2.75) is 45.9 Å². The molecule has 218 valence electrons. The number of rotatable bonds is 7. The number of benzene rings is 2. The van der Waals surface area contributed by atoms with Crippen LogP contribution in [0.15, 0.2) is 48.5 Å². The normalized spacial score (nSPS) is 24.3. The van der Waals surface area contributed by atoms with Crippen LogP contribution >= 0.6 is 0 Å². The summed E-state index contributed by atoms with van der Waals surface area (Å²) in [5.41, 5.74) is 3.27. The number of anilines is 1. The molecule has 0 radical (unpaired) electrons. The number of nitrogens with zero attached hydrogens (tertiary/aromatic N) is 2. The van der Waals surface area contributed by atoms with Crippen LogP contribution in [0.2, 0.25) is 0 Å². The molecule has 7 nitrogen and oxygen atoms in total. The van der Waals surface area contributed by atoms with Crippen molar-refractivity contribution in [3.8, 4) is 5.75 Å². The van der Waals surface area contributed by atoms with E-state index in [1.54, 1.807) is 4.90 Å². The number of fused-ring (bicyclic) bond motifs is 1. The maximum absolute atomic E-state index is 13.6. The van der Waals surface area contributed by atoms with Crippen molar-refractivity contribution >= 4 is 29.5 Å². The number of hydrogen-bond donors (Lipinski definition) is 1. The molecule has 2 aromatic rings. The van der Waals surface area contributed by atoms with Crippen LogP contribution in [-0.2, 0) is 14.4 Å². The molecule has 41 heavy (non-hydrogen) atoms. The molecule has 1 aliphatic carbocycles. The van der Waals surface area contributed by atoms with Gasteiger partial charge in [-0.1, -0.05) is 36.8 Å². The van der Waals surface area contributed by atoms with Gasteiger partial charge in [-0.2, -0.15) is 0 Å². The van der Waals surface area contributed by atoms with Gasteiger partial charge in [-0.05, 0) is 67.5 Å². The lowest BCUT2D eigenvalue weighted by molar-refractivity contribution is -0.274. The fourth-order valence-corrected chi connectivity index (χ4v) is 6.72. The van der Waals surface area contributed by atoms with Gasteiger partial charge in [0.2, 0.25) is 17.7 Å². The molecule has 1 unspecified atom stereocenters. The maximum Gasteiger partial charge on any atom is 0.573 e. The van der Waals surface area contributed by atoms with Crippen molar-refractivity contribution in [1.82, 2.24) is 10.2 Å². The SMILES string of the molecule is Cc1cccc(C)c1N1CC(C(=O)N2C[C@@H]3CCC[C@]3(CNC(=O)/C=C/c3ccc(OC(F)(F)F)cc3)C2)CC1=O. The van der Waals surface area contributed by atoms with Crippen LogP contribution in [0.1, 0.15) is 42.4 Å². The van der Waals surface area contributed by atoms with Gasteiger partial charge in [0.1, 0.15) is 5.75 Å². The second-order valence-electron chi connectivity index (χ2n) is 11.5. The third-order valence-corrected chi connectivity index (χ3v) is 8.69. The van der Waals surface area contributed by atoms with Crippen LogP contribution in [0.25, 0.3) is 6.08 Å². The first-order valence-electron chi connectivity index (χ1n) is 13.9. The Morgan fingerprint density at radius 3 is 2.49 bits per heavy atom. The summed E-state index contributed by atoms with van der Waals surface area (Å²) >= 11 is 0. The number of ether oxygens (including phenoxy) is 1. The third-order valence-electron chi connectivity index (χ3n) is 8.69. The van der Waals surface area contributed by atoms with Gasteiger partial charge in [0, 0.05) is 49.8 Å². The molecule has 0 aromatic heterocycles. The Morgan fingerprint density at radius 2 is 1.80 bits per heavy atom. The van der Waals surface area contributed by atoms with Crippen molar-refractivity contribution in [2.75, 3.05) is 31.1 Å². The number of hydrogen-bond acceptors (Lipinski definition) is 4. The molecule has 10 heteroatoms. The summed E-state index contributed by atoms with van der Waals surface area (Å²) in [6, 6.07) is 11.2. The molecule has 0 spiro atoms. The standard InChI is InChI=1S/C31H34F3N3O4/c1-20-5-3-6-21(2)28(20)37-16-23(15-27(37)39)29(40)36-17-24-7-4-14-30(24,19-36)18-35-26(38)13-10-22-8-11-25(12-9-22)41-31(32,33)34/h3,5-6,8-13,23-24H,4,7,14-19H2,1-2H3,(H,35,38)/b13-10+/t23?,24-,30-/m0/s1. The highest BCUT2D eigenvalue weighted by molar-refractivity contribution is 6.01. The molecule has 0 bridgehead atoms. The fourth-order valence-electron chi connectivity index (χ4n) is 6.72. The second-order valence-corrected chi connectivity index (χ2v) is 11.5. The van der Waals surface area contributed by atoms with Gasteiger partial charge in [0.05, 0.1) is 5.92 Å². The van der Waals surface area contributed by atoms with E-state index in [4.69, 9.17) is 0 Å². The van der Waals surface area contributed by atoms with Crippen molar-refractivity contribution in [3.63, 3.8) is 0 Å². The number of halogens is 3. The van der Waals surface area contributed by atoms with Crippen molar-refractivity contribution in [2.24, 2.45) is 17.3 Å². The summed E-state index contributed by atoms with van der Waals surface area (Å²) in [7, 11) is 0. The van der Waals surface area contributed by atoms with Crippen LogP contribution in [0.3, 0.4) is 0 Å². The summed E-state index contributed by atoms with van der Waals surface area (Å²) in [6.07, 6.45) is 1.25. The van der Waals surface area contributed by atoms with E-state index in [0.29, 0.717) is 31.7 Å². The quantitative estimate of drug-likeness (QED) is 0.476. The topological polar surface area (TPSA) is 79.0 Å². The molecule has 3 amide bonds. The average Bonchev–Trinajstić information content (AvgIpc) is 3.58. The Labute approximate surface area is 237 Å². The number of amides is 3. The van der Waals surface area contributed by atoms with E-state index < -0.39 is 6.36 Å². The van der Waals surface area contributed by atoms with Crippen molar-refractivity contribution in [1.29, 1.82) is 0 Å². The van der Waals surface area contributed by atoms with E-state index >= 15 is 0 Å². The first-order chi connectivity index (χ1) is 19.4. The van der Waals surface area contributed by atoms with Crippen molar-refractivity contribution in [3.05, 3.63) is 65.2 Å². The van der Waals surface area contributed by atoms with Crippen LogP contribution in [-0.4, -0.2) is 55.2 Å². The summed E-state index contributed by atoms with van der Waals surface area (Å²) in [6.45, 7) is 5.94. The Bertz CT molecular complexity index is 1340. The summed E-state index contributed by atoms with van der Waals surface area (Å²) in [4.78, 5) is 42.8. The Hall–Kier alpha value is -3.82. The predicted octanol–water partition coefficient (Wildman–Crippen LogP) is 5.01. The molecule has 5 rings (SSSR count). The van der Waals surface area contributed by atoms with Gasteiger partial charge in [-0.25, -0.2) is 0 Å². The van der Waals surface area contributed by atoms with Crippen LogP contribution in [0.4, 0.5) is 18.9 Å². The van der Waals surface area contributed by atoms with Gasteiger partial charge in [-0.15, -0.1) is 13.2 Å². The van der Waals surface area contributed by atoms with E-state index in [9.17, 15) is 27.6 Å².